The predicted octanol–water partition coefficient (Wildman–Crippen LogP) is 2.59. The average molecular weight is 481 g/mol. The Morgan fingerprint density at radius 3 is 2.53 bits per heavy atom. The molecule has 0 saturated carbocycles. The van der Waals surface area contributed by atoms with Crippen molar-refractivity contribution in [3.63, 3.8) is 0 Å². The minimum atomic E-state index is -1.04. The molecule has 2 aliphatic heterocycles. The molecule has 0 bridgehead atoms. The summed E-state index contributed by atoms with van der Waals surface area (Å²) in [4.78, 5) is 0. The van der Waals surface area contributed by atoms with E-state index >= 15 is 0 Å². The van der Waals surface area contributed by atoms with E-state index in [-0.39, 0.29) is 0 Å². The van der Waals surface area contributed by atoms with Crippen molar-refractivity contribution in [1.29, 1.82) is 0 Å². The third-order valence-corrected chi connectivity index (χ3v) is 6.23. The summed E-state index contributed by atoms with van der Waals surface area (Å²) < 4.78 is 28.4. The summed E-state index contributed by atoms with van der Waals surface area (Å²) in [6.07, 6.45) is -3.68. The topological polar surface area (TPSA) is 86.6 Å². The highest BCUT2D eigenvalue weighted by Crippen LogP contribution is 2.35. The first-order valence-electron chi connectivity index (χ1n) is 9.76. The van der Waals surface area contributed by atoms with Crippen LogP contribution in [0.25, 0.3) is 0 Å². The zero-order valence-electron chi connectivity index (χ0n) is 16.8. The fourth-order valence-corrected chi connectivity index (χ4v) is 4.27. The number of ether oxygens (including phenoxy) is 5. The van der Waals surface area contributed by atoms with Gasteiger partial charge in [0.15, 0.2) is 17.8 Å². The molecule has 5 atom stereocenters. The molecule has 8 heteroatoms. The standard InChI is InChI=1S/C22H25BrO7/c1-26-21-19(25)20(30-22(21)27-2)18(24)13-4-5-15(23)14(11-13)9-12-3-6-16-17(10-12)29-8-7-28-16/h3-6,10-11,18-22,24-25H,7-9H2,1-2H3/t18-,19-,20+,21+,22-/m1/s1. The lowest BCUT2D eigenvalue weighted by molar-refractivity contribution is -0.168. The summed E-state index contributed by atoms with van der Waals surface area (Å²) in [7, 11) is 2.95. The number of fused-ring (bicyclic) bond motifs is 1. The minimum absolute atomic E-state index is 0.538. The third kappa shape index (κ3) is 4.21. The maximum absolute atomic E-state index is 10.9. The van der Waals surface area contributed by atoms with Gasteiger partial charge in [-0.15, -0.1) is 0 Å². The van der Waals surface area contributed by atoms with Crippen LogP contribution in [0.5, 0.6) is 11.5 Å². The SMILES string of the molecule is CO[C@@H]1O[C@@H]([C@H](O)c2ccc(Br)c(Cc3ccc4c(c3)OCCO4)c2)[C@@H](O)[C@@H]1OC. The highest BCUT2D eigenvalue weighted by Gasteiger charge is 2.47. The Bertz CT molecular complexity index is 890. The molecule has 0 radical (unpaired) electrons. The van der Waals surface area contributed by atoms with E-state index in [0.29, 0.717) is 25.2 Å². The highest BCUT2D eigenvalue weighted by atomic mass is 79.9. The Morgan fingerprint density at radius 2 is 1.83 bits per heavy atom. The fourth-order valence-electron chi connectivity index (χ4n) is 3.88. The number of methoxy groups -OCH3 is 2. The van der Waals surface area contributed by atoms with Crippen LogP contribution >= 0.6 is 15.9 Å². The van der Waals surface area contributed by atoms with Crippen molar-refractivity contribution in [1.82, 2.24) is 0 Å². The molecule has 7 nitrogen and oxygen atoms in total. The van der Waals surface area contributed by atoms with E-state index in [9.17, 15) is 10.2 Å². The second-order valence-corrected chi connectivity index (χ2v) is 8.20. The lowest BCUT2D eigenvalue weighted by Crippen LogP contribution is -2.37. The number of benzene rings is 2. The van der Waals surface area contributed by atoms with Crippen molar-refractivity contribution in [3.8, 4) is 11.5 Å². The van der Waals surface area contributed by atoms with Crippen LogP contribution in [0.1, 0.15) is 22.8 Å². The Balaban J connectivity index is 1.54. The molecule has 2 N–H and O–H groups in total. The van der Waals surface area contributed by atoms with Gasteiger partial charge in [-0.25, -0.2) is 0 Å². The molecule has 0 amide bonds. The number of aliphatic hydroxyl groups excluding tert-OH is 2. The summed E-state index contributed by atoms with van der Waals surface area (Å²) in [5, 5.41) is 21.4. The van der Waals surface area contributed by atoms with E-state index in [4.69, 9.17) is 23.7 Å². The van der Waals surface area contributed by atoms with E-state index in [1.54, 1.807) is 6.07 Å². The molecule has 2 aromatic rings. The van der Waals surface area contributed by atoms with Gasteiger partial charge in [-0.05, 0) is 41.3 Å². The van der Waals surface area contributed by atoms with Gasteiger partial charge in [-0.1, -0.05) is 34.1 Å². The van der Waals surface area contributed by atoms with Gasteiger partial charge in [0.05, 0.1) is 0 Å². The van der Waals surface area contributed by atoms with Crippen molar-refractivity contribution in [3.05, 3.63) is 57.6 Å². The molecule has 4 rings (SSSR count). The summed E-state index contributed by atoms with van der Waals surface area (Å²) in [5.41, 5.74) is 2.69. The van der Waals surface area contributed by atoms with E-state index in [1.165, 1.54) is 14.2 Å². The molecule has 2 aromatic carbocycles. The largest absolute Gasteiger partial charge is 0.486 e. The van der Waals surface area contributed by atoms with Crippen LogP contribution in [0.2, 0.25) is 0 Å². The molecule has 1 fully saturated rings. The van der Waals surface area contributed by atoms with E-state index < -0.39 is 30.7 Å². The number of halogens is 1. The van der Waals surface area contributed by atoms with Crippen LogP contribution in [-0.4, -0.2) is 62.2 Å². The molecule has 0 aliphatic carbocycles. The lowest BCUT2D eigenvalue weighted by atomic mass is 9.96. The Morgan fingerprint density at radius 1 is 1.07 bits per heavy atom. The predicted molar refractivity (Wildman–Crippen MR) is 112 cm³/mol. The first-order chi connectivity index (χ1) is 14.5. The Labute approximate surface area is 183 Å². The molecule has 162 valence electrons. The second-order valence-electron chi connectivity index (χ2n) is 7.35. The van der Waals surface area contributed by atoms with Gasteiger partial charge in [-0.3, -0.25) is 0 Å². The molecule has 2 aliphatic rings. The monoisotopic (exact) mass is 480 g/mol. The molecule has 0 unspecified atom stereocenters. The summed E-state index contributed by atoms with van der Waals surface area (Å²) >= 11 is 3.59. The number of hydrogen-bond acceptors (Lipinski definition) is 7. The van der Waals surface area contributed by atoms with Crippen LogP contribution in [0.15, 0.2) is 40.9 Å². The molecular weight excluding hydrogens is 456 g/mol. The molecule has 1 saturated heterocycles. The Kier molecular flexibility index (Phi) is 6.62. The maximum Gasteiger partial charge on any atom is 0.186 e. The van der Waals surface area contributed by atoms with Gasteiger partial charge in [0.25, 0.3) is 0 Å². The Hall–Kier alpha value is -1.68. The molecule has 0 aromatic heterocycles. The molecule has 2 heterocycles. The lowest BCUT2D eigenvalue weighted by Gasteiger charge is -2.22. The summed E-state index contributed by atoms with van der Waals surface area (Å²) in [6.45, 7) is 1.09. The van der Waals surface area contributed by atoms with E-state index in [0.717, 1.165) is 27.1 Å². The zero-order valence-corrected chi connectivity index (χ0v) is 18.4. The van der Waals surface area contributed by atoms with Crippen LogP contribution in [0.3, 0.4) is 0 Å². The smallest absolute Gasteiger partial charge is 0.186 e. The maximum atomic E-state index is 10.9. The van der Waals surface area contributed by atoms with Crippen LogP contribution in [-0.2, 0) is 20.6 Å². The molecule has 0 spiro atoms. The van der Waals surface area contributed by atoms with Crippen LogP contribution in [0, 0.1) is 0 Å². The first kappa shape index (κ1) is 21.5. The highest BCUT2D eigenvalue weighted by molar-refractivity contribution is 9.10. The fraction of sp³-hybridized carbons (Fsp3) is 0.455. The van der Waals surface area contributed by atoms with Crippen molar-refractivity contribution < 1.29 is 33.9 Å². The molecule has 30 heavy (non-hydrogen) atoms. The quantitative estimate of drug-likeness (QED) is 0.656. The van der Waals surface area contributed by atoms with E-state index in [1.807, 2.05) is 30.3 Å². The molecular formula is C22H25BrO7. The normalized spacial score (nSPS) is 26.6. The van der Waals surface area contributed by atoms with Gasteiger partial charge in [0.1, 0.15) is 37.6 Å². The second kappa shape index (κ2) is 9.21. The van der Waals surface area contributed by atoms with Gasteiger partial charge in [0, 0.05) is 18.7 Å². The number of aliphatic hydroxyl groups is 2. The van der Waals surface area contributed by atoms with Crippen molar-refractivity contribution >= 4 is 15.9 Å². The first-order valence-corrected chi connectivity index (χ1v) is 10.5. The van der Waals surface area contributed by atoms with Crippen LogP contribution in [0.4, 0.5) is 0 Å². The minimum Gasteiger partial charge on any atom is -0.486 e. The van der Waals surface area contributed by atoms with Gasteiger partial charge >= 0.3 is 0 Å². The van der Waals surface area contributed by atoms with Crippen molar-refractivity contribution in [2.45, 2.75) is 37.1 Å². The van der Waals surface area contributed by atoms with Crippen LogP contribution < -0.4 is 9.47 Å². The van der Waals surface area contributed by atoms with Crippen molar-refractivity contribution in [2.24, 2.45) is 0 Å². The number of rotatable bonds is 6. The summed E-state index contributed by atoms with van der Waals surface area (Å²) in [5.74, 6) is 1.49. The van der Waals surface area contributed by atoms with E-state index in [2.05, 4.69) is 15.9 Å². The summed E-state index contributed by atoms with van der Waals surface area (Å²) in [6, 6.07) is 11.5. The third-order valence-electron chi connectivity index (χ3n) is 5.46. The van der Waals surface area contributed by atoms with Crippen molar-refractivity contribution in [2.75, 3.05) is 27.4 Å². The van der Waals surface area contributed by atoms with Gasteiger partial charge < -0.3 is 33.9 Å². The number of hydrogen-bond donors (Lipinski definition) is 2. The zero-order chi connectivity index (χ0) is 21.3. The average Bonchev–Trinajstić information content (AvgIpc) is 3.10. The van der Waals surface area contributed by atoms with Gasteiger partial charge in [0.2, 0.25) is 0 Å². The van der Waals surface area contributed by atoms with Gasteiger partial charge in [-0.2, -0.15) is 0 Å².